The first-order valence-corrected chi connectivity index (χ1v) is 8.65. The normalized spacial score (nSPS) is 9.91. The van der Waals surface area contributed by atoms with E-state index in [1.165, 1.54) is 12.1 Å². The minimum Gasteiger partial charge on any atom is -0.473 e. The molecule has 0 bridgehead atoms. The van der Waals surface area contributed by atoms with E-state index < -0.39 is 59.3 Å². The van der Waals surface area contributed by atoms with Gasteiger partial charge in [-0.05, 0) is 30.3 Å². The van der Waals surface area contributed by atoms with Crippen molar-refractivity contribution >= 4 is 46.7 Å². The van der Waals surface area contributed by atoms with Gasteiger partial charge in [0.15, 0.2) is 17.5 Å². The number of amides is 2. The van der Waals surface area contributed by atoms with E-state index in [0.717, 1.165) is 12.1 Å². The third-order valence-electron chi connectivity index (χ3n) is 3.27. The highest BCUT2D eigenvalue weighted by molar-refractivity contribution is 6.31. The number of rotatable bonds is 6. The van der Waals surface area contributed by atoms with E-state index in [1.54, 1.807) is 0 Å². The highest BCUT2D eigenvalue weighted by Gasteiger charge is 2.15. The van der Waals surface area contributed by atoms with Gasteiger partial charge < -0.3 is 20.8 Å². The lowest BCUT2D eigenvalue weighted by atomic mass is 10.2. The van der Waals surface area contributed by atoms with Gasteiger partial charge in [-0.3, -0.25) is 14.9 Å². The van der Waals surface area contributed by atoms with E-state index in [9.17, 15) is 27.2 Å². The molecule has 9 nitrogen and oxygen atoms in total. The van der Waals surface area contributed by atoms with Gasteiger partial charge in [0, 0.05) is 5.69 Å². The second kappa shape index (κ2) is 12.2. The average Bonchev–Trinajstić information content (AvgIpc) is 2.71. The third kappa shape index (κ3) is 8.57. The molecule has 0 aromatic heterocycles. The first-order valence-electron chi connectivity index (χ1n) is 8.27. The molecule has 0 radical (unpaired) electrons. The molecule has 0 unspecified atom stereocenters. The smallest absolute Gasteiger partial charge is 0.414 e. The van der Waals surface area contributed by atoms with E-state index >= 15 is 0 Å². The highest BCUT2D eigenvalue weighted by Crippen LogP contribution is 2.20. The van der Waals surface area contributed by atoms with Gasteiger partial charge in [0.2, 0.25) is 11.8 Å². The molecule has 2 amide bonds. The molecular weight excluding hydrogens is 466 g/mol. The maximum atomic E-state index is 13.4. The molecule has 0 fully saturated rings. The van der Waals surface area contributed by atoms with Gasteiger partial charge in [0.1, 0.15) is 5.82 Å². The molecule has 2 aromatic carbocycles. The standard InChI is InChI=1S/C16H12ClF4N3O2.C2H2O4/c17-9-5-8(1-2-10(9)18)23-13(25)6-22-7-14(26)24-12-4-3-11(19)15(20)16(12)21;3-1(4)2(5)6/h1-5,22H,6-7H2,(H,23,25)(H,24,26);(H,3,4)(H,5,6). The van der Waals surface area contributed by atoms with Crippen LogP contribution in [0.5, 0.6) is 0 Å². The van der Waals surface area contributed by atoms with Crippen LogP contribution < -0.4 is 16.0 Å². The van der Waals surface area contributed by atoms with Crippen LogP contribution in [0.3, 0.4) is 0 Å². The van der Waals surface area contributed by atoms with Gasteiger partial charge >= 0.3 is 11.9 Å². The quantitative estimate of drug-likeness (QED) is 0.243. The van der Waals surface area contributed by atoms with Crippen molar-refractivity contribution in [1.29, 1.82) is 0 Å². The Morgan fingerprint density at radius 3 is 1.84 bits per heavy atom. The monoisotopic (exact) mass is 479 g/mol. The molecule has 2 aromatic rings. The molecule has 5 N–H and O–H groups in total. The predicted molar refractivity (Wildman–Crippen MR) is 103 cm³/mol. The molecule has 0 saturated carbocycles. The molecule has 0 aliphatic heterocycles. The van der Waals surface area contributed by atoms with Crippen molar-refractivity contribution in [2.45, 2.75) is 0 Å². The number of hydrogen-bond acceptors (Lipinski definition) is 5. The number of carbonyl (C=O) groups excluding carboxylic acids is 2. The Labute approximate surface area is 182 Å². The second-order valence-corrected chi connectivity index (χ2v) is 6.07. The van der Waals surface area contributed by atoms with Crippen LogP contribution in [0.25, 0.3) is 0 Å². The summed E-state index contributed by atoms with van der Waals surface area (Å²) in [6.07, 6.45) is 0. The average molecular weight is 480 g/mol. The fraction of sp³-hybridized carbons (Fsp3) is 0.111. The Morgan fingerprint density at radius 2 is 1.31 bits per heavy atom. The molecular formula is C18H14ClF4N3O6. The second-order valence-electron chi connectivity index (χ2n) is 5.66. The summed E-state index contributed by atoms with van der Waals surface area (Å²) in [5, 5.41) is 21.6. The first-order chi connectivity index (χ1) is 14.9. The summed E-state index contributed by atoms with van der Waals surface area (Å²) in [6.45, 7) is -0.682. The fourth-order valence-electron chi connectivity index (χ4n) is 1.89. The van der Waals surface area contributed by atoms with Crippen molar-refractivity contribution in [3.8, 4) is 0 Å². The van der Waals surface area contributed by atoms with Gasteiger partial charge in [-0.25, -0.2) is 27.2 Å². The summed E-state index contributed by atoms with van der Waals surface area (Å²) < 4.78 is 52.3. The Hall–Kier alpha value is -3.71. The summed E-state index contributed by atoms with van der Waals surface area (Å²) >= 11 is 5.58. The van der Waals surface area contributed by atoms with Gasteiger partial charge in [0.05, 0.1) is 23.8 Å². The van der Waals surface area contributed by atoms with Gasteiger partial charge in [-0.1, -0.05) is 11.6 Å². The molecule has 0 heterocycles. The van der Waals surface area contributed by atoms with Gasteiger partial charge in [-0.15, -0.1) is 0 Å². The zero-order valence-corrected chi connectivity index (χ0v) is 16.5. The van der Waals surface area contributed by atoms with Crippen LogP contribution in [0.1, 0.15) is 0 Å². The number of carboxylic acid groups (broad SMARTS) is 2. The topological polar surface area (TPSA) is 145 Å². The van der Waals surface area contributed by atoms with E-state index in [1.807, 2.05) is 5.32 Å². The van der Waals surface area contributed by atoms with E-state index in [-0.39, 0.29) is 17.3 Å². The Bertz CT molecular complexity index is 1030. The number of carbonyl (C=O) groups is 4. The van der Waals surface area contributed by atoms with E-state index in [0.29, 0.717) is 6.07 Å². The largest absolute Gasteiger partial charge is 0.473 e. The first kappa shape index (κ1) is 26.3. The lowest BCUT2D eigenvalue weighted by Gasteiger charge is -2.09. The summed E-state index contributed by atoms with van der Waals surface area (Å²) in [5.74, 6) is -10.2. The number of halogens is 5. The third-order valence-corrected chi connectivity index (χ3v) is 3.56. The molecule has 0 atom stereocenters. The molecule has 0 spiro atoms. The van der Waals surface area contributed by atoms with Crippen molar-refractivity contribution in [3.05, 3.63) is 58.6 Å². The minimum absolute atomic E-state index is 0.163. The molecule has 32 heavy (non-hydrogen) atoms. The van der Waals surface area contributed by atoms with Crippen molar-refractivity contribution < 1.29 is 47.0 Å². The highest BCUT2D eigenvalue weighted by atomic mass is 35.5. The molecule has 14 heteroatoms. The SMILES string of the molecule is O=C(CNCC(=O)Nc1ccc(F)c(F)c1F)Nc1ccc(F)c(Cl)c1.O=C(O)C(=O)O. The number of nitrogens with one attached hydrogen (secondary N) is 3. The van der Waals surface area contributed by atoms with Crippen LogP contribution in [0.15, 0.2) is 30.3 Å². The molecule has 0 aliphatic carbocycles. The maximum absolute atomic E-state index is 13.4. The Morgan fingerprint density at radius 1 is 0.781 bits per heavy atom. The maximum Gasteiger partial charge on any atom is 0.414 e. The number of carboxylic acids is 2. The van der Waals surface area contributed by atoms with Crippen LogP contribution in [0.2, 0.25) is 5.02 Å². The van der Waals surface area contributed by atoms with Crippen LogP contribution in [0, 0.1) is 23.3 Å². The van der Waals surface area contributed by atoms with Gasteiger partial charge in [0.25, 0.3) is 0 Å². The van der Waals surface area contributed by atoms with E-state index in [4.69, 9.17) is 31.4 Å². The zero-order valence-electron chi connectivity index (χ0n) is 15.7. The van der Waals surface area contributed by atoms with E-state index in [2.05, 4.69) is 10.6 Å². The van der Waals surface area contributed by atoms with Crippen molar-refractivity contribution in [2.75, 3.05) is 23.7 Å². The number of anilines is 2. The summed E-state index contributed by atoms with van der Waals surface area (Å²) in [6, 6.07) is 5.14. The van der Waals surface area contributed by atoms with Crippen LogP contribution >= 0.6 is 11.6 Å². The lowest BCUT2D eigenvalue weighted by Crippen LogP contribution is -2.34. The van der Waals surface area contributed by atoms with Crippen LogP contribution in [-0.4, -0.2) is 47.1 Å². The number of hydrogen-bond donors (Lipinski definition) is 5. The van der Waals surface area contributed by atoms with Crippen molar-refractivity contribution in [2.24, 2.45) is 0 Å². The Balaban J connectivity index is 0.000000751. The molecule has 0 aliphatic rings. The fourth-order valence-corrected chi connectivity index (χ4v) is 2.07. The molecule has 172 valence electrons. The van der Waals surface area contributed by atoms with Crippen molar-refractivity contribution in [3.63, 3.8) is 0 Å². The summed E-state index contributed by atoms with van der Waals surface area (Å²) in [4.78, 5) is 41.5. The molecule has 0 saturated heterocycles. The summed E-state index contributed by atoms with van der Waals surface area (Å²) in [7, 11) is 0. The molecule has 2 rings (SSSR count). The number of aliphatic carboxylic acids is 2. The zero-order chi connectivity index (χ0) is 24.4. The minimum atomic E-state index is -1.82. The van der Waals surface area contributed by atoms with Crippen LogP contribution in [0.4, 0.5) is 28.9 Å². The summed E-state index contributed by atoms with van der Waals surface area (Å²) in [5.41, 5.74) is -0.266. The van der Waals surface area contributed by atoms with Crippen LogP contribution in [-0.2, 0) is 19.2 Å². The Kier molecular flexibility index (Phi) is 10.1. The van der Waals surface area contributed by atoms with Gasteiger partial charge in [-0.2, -0.15) is 0 Å². The number of benzene rings is 2. The van der Waals surface area contributed by atoms with Crippen molar-refractivity contribution in [1.82, 2.24) is 5.32 Å². The lowest BCUT2D eigenvalue weighted by molar-refractivity contribution is -0.159. The predicted octanol–water partition coefficient (Wildman–Crippen LogP) is 2.22.